The maximum atomic E-state index is 13.1. The Hall–Kier alpha value is -3.22. The first-order valence-corrected chi connectivity index (χ1v) is 8.47. The lowest BCUT2D eigenvalue weighted by atomic mass is 10.1. The Bertz CT molecular complexity index is 1040. The van der Waals surface area contributed by atoms with Crippen molar-refractivity contribution in [2.45, 2.75) is 26.7 Å². The molecule has 27 heavy (non-hydrogen) atoms. The number of aromatic nitrogens is 2. The molecule has 0 bridgehead atoms. The van der Waals surface area contributed by atoms with Crippen LogP contribution in [0.1, 0.15) is 23.2 Å². The molecule has 2 N–H and O–H groups in total. The summed E-state index contributed by atoms with van der Waals surface area (Å²) in [5.74, 6) is -1.02. The molecule has 0 unspecified atom stereocenters. The predicted molar refractivity (Wildman–Crippen MR) is 99.2 cm³/mol. The number of benzene rings is 2. The molecule has 0 saturated carbocycles. The van der Waals surface area contributed by atoms with Gasteiger partial charge in [-0.15, -0.1) is 0 Å². The van der Waals surface area contributed by atoms with Gasteiger partial charge >= 0.3 is 0 Å². The Balaban J connectivity index is 1.72. The third kappa shape index (κ3) is 4.13. The Morgan fingerprint density at radius 1 is 1.07 bits per heavy atom. The summed E-state index contributed by atoms with van der Waals surface area (Å²) in [6, 6.07) is 9.67. The molecule has 7 heteroatoms. The minimum absolute atomic E-state index is 0.105. The van der Waals surface area contributed by atoms with E-state index in [1.54, 1.807) is 13.8 Å². The fourth-order valence-electron chi connectivity index (χ4n) is 2.87. The molecule has 0 saturated heterocycles. The second kappa shape index (κ2) is 7.57. The van der Waals surface area contributed by atoms with Gasteiger partial charge < -0.3 is 5.32 Å². The molecule has 1 aromatic heterocycles. The highest BCUT2D eigenvalue weighted by atomic mass is 19.1. The summed E-state index contributed by atoms with van der Waals surface area (Å²) in [6.45, 7) is 3.45. The number of rotatable bonds is 5. The molecular formula is C20H19F2N3O2. The van der Waals surface area contributed by atoms with E-state index in [4.69, 9.17) is 0 Å². The smallest absolute Gasteiger partial charge is 0.274 e. The van der Waals surface area contributed by atoms with Crippen molar-refractivity contribution in [3.63, 3.8) is 0 Å². The third-order valence-electron chi connectivity index (χ3n) is 4.34. The van der Waals surface area contributed by atoms with Crippen LogP contribution in [0.5, 0.6) is 0 Å². The van der Waals surface area contributed by atoms with E-state index in [1.165, 1.54) is 47.1 Å². The van der Waals surface area contributed by atoms with Crippen molar-refractivity contribution in [3.8, 4) is 5.69 Å². The summed E-state index contributed by atoms with van der Waals surface area (Å²) in [7, 11) is 0. The number of nitrogens with one attached hydrogen (secondary N) is 2. The first-order valence-electron chi connectivity index (χ1n) is 8.47. The number of hydrogen-bond donors (Lipinski definition) is 2. The van der Waals surface area contributed by atoms with Crippen LogP contribution in [0.4, 0.5) is 14.5 Å². The number of aryl methyl sites for hydroxylation is 2. The van der Waals surface area contributed by atoms with Crippen LogP contribution >= 0.6 is 0 Å². The molecule has 0 aliphatic carbocycles. The summed E-state index contributed by atoms with van der Waals surface area (Å²) >= 11 is 0. The van der Waals surface area contributed by atoms with Crippen molar-refractivity contribution in [1.82, 2.24) is 9.78 Å². The van der Waals surface area contributed by atoms with E-state index in [-0.39, 0.29) is 35.9 Å². The number of anilines is 1. The zero-order valence-electron chi connectivity index (χ0n) is 15.0. The van der Waals surface area contributed by atoms with Crippen molar-refractivity contribution >= 4 is 11.6 Å². The lowest BCUT2D eigenvalue weighted by Gasteiger charge is -2.08. The lowest BCUT2D eigenvalue weighted by Crippen LogP contribution is -2.19. The van der Waals surface area contributed by atoms with Crippen LogP contribution in [0, 0.1) is 25.5 Å². The molecular weight excluding hydrogens is 352 g/mol. The summed E-state index contributed by atoms with van der Waals surface area (Å²) in [5.41, 5.74) is 2.54. The molecule has 0 atom stereocenters. The molecule has 0 fully saturated rings. The van der Waals surface area contributed by atoms with E-state index in [1.807, 2.05) is 0 Å². The Morgan fingerprint density at radius 2 is 1.74 bits per heavy atom. The van der Waals surface area contributed by atoms with Gasteiger partial charge in [-0.05, 0) is 68.3 Å². The van der Waals surface area contributed by atoms with Crippen molar-refractivity contribution in [1.29, 1.82) is 0 Å². The van der Waals surface area contributed by atoms with Crippen LogP contribution in [-0.2, 0) is 11.2 Å². The summed E-state index contributed by atoms with van der Waals surface area (Å²) in [6.07, 6.45) is 0.357. The molecule has 3 rings (SSSR count). The van der Waals surface area contributed by atoms with Gasteiger partial charge in [-0.1, -0.05) is 0 Å². The minimum Gasteiger partial charge on any atom is -0.326 e. The van der Waals surface area contributed by atoms with Gasteiger partial charge in [0, 0.05) is 23.4 Å². The largest absolute Gasteiger partial charge is 0.326 e. The van der Waals surface area contributed by atoms with Gasteiger partial charge in [-0.2, -0.15) is 0 Å². The van der Waals surface area contributed by atoms with Crippen LogP contribution in [0.3, 0.4) is 0 Å². The van der Waals surface area contributed by atoms with E-state index in [2.05, 4.69) is 10.4 Å². The number of aromatic amines is 1. The number of nitrogens with zero attached hydrogens (tertiary/aromatic N) is 1. The number of amides is 1. The second-order valence-electron chi connectivity index (χ2n) is 6.34. The van der Waals surface area contributed by atoms with Crippen molar-refractivity contribution in [2.24, 2.45) is 0 Å². The molecule has 3 aromatic rings. The fraction of sp³-hybridized carbons (Fsp3) is 0.200. The zero-order valence-corrected chi connectivity index (χ0v) is 15.0. The fourth-order valence-corrected chi connectivity index (χ4v) is 2.87. The van der Waals surface area contributed by atoms with Gasteiger partial charge in [0.05, 0.1) is 5.69 Å². The third-order valence-corrected chi connectivity index (χ3v) is 4.34. The highest BCUT2D eigenvalue weighted by Crippen LogP contribution is 2.16. The molecule has 0 spiro atoms. The second-order valence-corrected chi connectivity index (χ2v) is 6.34. The van der Waals surface area contributed by atoms with Crippen LogP contribution in [0.2, 0.25) is 0 Å². The van der Waals surface area contributed by atoms with Gasteiger partial charge in [0.2, 0.25) is 5.91 Å². The standard InChI is InChI=1S/C20H19F2N3O2/c1-12-11-15(22)5-9-18(12)23-19(26)10-8-17-13(2)24-25(20(17)27)16-6-3-14(21)4-7-16/h3-7,9,11,24H,8,10H2,1-2H3,(H,23,26). The molecule has 0 aliphatic rings. The highest BCUT2D eigenvalue weighted by molar-refractivity contribution is 5.91. The Kier molecular flexibility index (Phi) is 5.21. The average Bonchev–Trinajstić information content (AvgIpc) is 2.90. The van der Waals surface area contributed by atoms with Crippen molar-refractivity contribution in [3.05, 3.63) is 81.3 Å². The number of H-pyrrole nitrogens is 1. The van der Waals surface area contributed by atoms with E-state index in [0.29, 0.717) is 28.2 Å². The number of halogens is 2. The molecule has 2 aromatic carbocycles. The van der Waals surface area contributed by atoms with Crippen LogP contribution in [0.15, 0.2) is 47.3 Å². The summed E-state index contributed by atoms with van der Waals surface area (Å²) in [4.78, 5) is 24.8. The van der Waals surface area contributed by atoms with Crippen molar-refractivity contribution < 1.29 is 13.6 Å². The van der Waals surface area contributed by atoms with Gasteiger partial charge in [0.25, 0.3) is 5.56 Å². The monoisotopic (exact) mass is 371 g/mol. The SMILES string of the molecule is Cc1cc(F)ccc1NC(=O)CCc1c(C)[nH]n(-c2ccc(F)cc2)c1=O. The number of hydrogen-bond acceptors (Lipinski definition) is 2. The zero-order chi connectivity index (χ0) is 19.6. The molecule has 140 valence electrons. The predicted octanol–water partition coefficient (Wildman–Crippen LogP) is 3.63. The van der Waals surface area contributed by atoms with E-state index < -0.39 is 0 Å². The van der Waals surface area contributed by atoms with Crippen molar-refractivity contribution in [2.75, 3.05) is 5.32 Å². The lowest BCUT2D eigenvalue weighted by molar-refractivity contribution is -0.116. The van der Waals surface area contributed by atoms with Gasteiger partial charge in [0.15, 0.2) is 0 Å². The van der Waals surface area contributed by atoms with E-state index in [0.717, 1.165) is 0 Å². The van der Waals surface area contributed by atoms with Gasteiger partial charge in [-0.25, -0.2) is 13.5 Å². The number of carbonyl (C=O) groups excluding carboxylic acids is 1. The maximum absolute atomic E-state index is 13.1. The summed E-state index contributed by atoms with van der Waals surface area (Å²) < 4.78 is 27.5. The first kappa shape index (κ1) is 18.6. The van der Waals surface area contributed by atoms with Crippen LogP contribution in [-0.4, -0.2) is 15.7 Å². The van der Waals surface area contributed by atoms with E-state index >= 15 is 0 Å². The average molecular weight is 371 g/mol. The first-order chi connectivity index (χ1) is 12.8. The molecule has 0 aliphatic heterocycles. The highest BCUT2D eigenvalue weighted by Gasteiger charge is 2.14. The van der Waals surface area contributed by atoms with Gasteiger partial charge in [-0.3, -0.25) is 14.7 Å². The normalized spacial score (nSPS) is 10.8. The Morgan fingerprint density at radius 3 is 2.41 bits per heavy atom. The Labute approximate surface area is 154 Å². The maximum Gasteiger partial charge on any atom is 0.274 e. The summed E-state index contributed by atoms with van der Waals surface area (Å²) in [5, 5.41) is 5.67. The van der Waals surface area contributed by atoms with E-state index in [9.17, 15) is 18.4 Å². The molecule has 1 heterocycles. The molecule has 1 amide bonds. The van der Waals surface area contributed by atoms with Crippen LogP contribution in [0.25, 0.3) is 5.69 Å². The molecule has 5 nitrogen and oxygen atoms in total. The quantitative estimate of drug-likeness (QED) is 0.719. The minimum atomic E-state index is -0.386. The van der Waals surface area contributed by atoms with Gasteiger partial charge in [0.1, 0.15) is 11.6 Å². The topological polar surface area (TPSA) is 66.9 Å². The number of carbonyl (C=O) groups is 1. The van der Waals surface area contributed by atoms with Crippen LogP contribution < -0.4 is 10.9 Å². The molecule has 0 radical (unpaired) electrons.